The van der Waals surface area contributed by atoms with E-state index in [2.05, 4.69) is 0 Å². The Morgan fingerprint density at radius 3 is 2.22 bits per heavy atom. The van der Waals surface area contributed by atoms with Crippen LogP contribution in [0.4, 0.5) is 0 Å². The lowest BCUT2D eigenvalue weighted by atomic mass is 10.2. The molecular formula is C5H7O4. The molecule has 0 saturated carbocycles. The molecule has 0 saturated heterocycles. The summed E-state index contributed by atoms with van der Waals surface area (Å²) in [6.45, 7) is 1.15. The molecule has 0 spiro atoms. The van der Waals surface area contributed by atoms with Crippen molar-refractivity contribution in [3.05, 3.63) is 0 Å². The van der Waals surface area contributed by atoms with Gasteiger partial charge in [-0.25, -0.2) is 0 Å². The summed E-state index contributed by atoms with van der Waals surface area (Å²) in [5.41, 5.74) is 0. The van der Waals surface area contributed by atoms with Gasteiger partial charge in [-0.3, -0.25) is 9.59 Å². The van der Waals surface area contributed by atoms with E-state index in [1.54, 1.807) is 0 Å². The lowest BCUT2D eigenvalue weighted by Crippen LogP contribution is -2.32. The molecule has 0 unspecified atom stereocenters. The molecule has 0 rings (SSSR count). The quantitative estimate of drug-likeness (QED) is 0.469. The first kappa shape index (κ1) is 8.26. The van der Waals surface area contributed by atoms with Gasteiger partial charge in [-0.1, -0.05) is 0 Å². The maximum Gasteiger partial charge on any atom is 0.263 e. The summed E-state index contributed by atoms with van der Waals surface area (Å²) >= 11 is 0. The van der Waals surface area contributed by atoms with Gasteiger partial charge in [0.2, 0.25) is 5.79 Å². The van der Waals surface area contributed by atoms with Crippen molar-refractivity contribution in [2.45, 2.75) is 19.1 Å². The van der Waals surface area contributed by atoms with Gasteiger partial charge in [0.05, 0.1) is 6.42 Å². The number of aliphatic hydroxyl groups is 2. The number of carbonyl (C=O) groups is 1. The predicted molar refractivity (Wildman–Crippen MR) is 28.2 cm³/mol. The highest BCUT2D eigenvalue weighted by molar-refractivity contribution is 5.80. The first-order valence-electron chi connectivity index (χ1n) is 2.31. The van der Waals surface area contributed by atoms with Gasteiger partial charge in [0.15, 0.2) is 0 Å². The molecular weight excluding hydrogens is 124 g/mol. The van der Waals surface area contributed by atoms with E-state index in [-0.39, 0.29) is 0 Å². The van der Waals surface area contributed by atoms with Crippen molar-refractivity contribution in [1.29, 1.82) is 0 Å². The molecule has 0 bridgehead atoms. The van der Waals surface area contributed by atoms with Crippen LogP contribution >= 0.6 is 0 Å². The molecule has 0 amide bonds. The van der Waals surface area contributed by atoms with Crippen LogP contribution in [-0.4, -0.2) is 28.1 Å². The molecule has 4 heteroatoms. The van der Waals surface area contributed by atoms with Crippen molar-refractivity contribution < 1.29 is 19.8 Å². The maximum absolute atomic E-state index is 10.1. The highest BCUT2D eigenvalue weighted by Gasteiger charge is 2.24. The number of hydrogen-bond acceptors (Lipinski definition) is 4. The number of ketones is 1. The number of rotatable bonds is 3. The SMILES string of the molecule is CC(=O)CC(O)(O)[C]=O. The molecule has 0 aliphatic rings. The van der Waals surface area contributed by atoms with Crippen LogP contribution in [0.3, 0.4) is 0 Å². The number of carbonyl (C=O) groups excluding carboxylic acids is 2. The fraction of sp³-hybridized carbons (Fsp3) is 0.600. The zero-order valence-electron chi connectivity index (χ0n) is 4.92. The highest BCUT2D eigenvalue weighted by atomic mass is 16.5. The fourth-order valence-corrected chi connectivity index (χ4v) is 0.383. The second kappa shape index (κ2) is 2.70. The van der Waals surface area contributed by atoms with Crippen LogP contribution in [0.5, 0.6) is 0 Å². The average Bonchev–Trinajstić information content (AvgIpc) is 1.63. The van der Waals surface area contributed by atoms with Gasteiger partial charge in [-0.05, 0) is 6.92 Å². The second-order valence-corrected chi connectivity index (χ2v) is 1.80. The van der Waals surface area contributed by atoms with Crippen molar-refractivity contribution in [3.63, 3.8) is 0 Å². The van der Waals surface area contributed by atoms with E-state index in [1.165, 1.54) is 0 Å². The van der Waals surface area contributed by atoms with Crippen molar-refractivity contribution in [3.8, 4) is 0 Å². The third-order valence-corrected chi connectivity index (χ3v) is 0.659. The number of hydrogen-bond donors (Lipinski definition) is 2. The van der Waals surface area contributed by atoms with Crippen molar-refractivity contribution in [2.24, 2.45) is 0 Å². The first-order valence-corrected chi connectivity index (χ1v) is 2.31. The Kier molecular flexibility index (Phi) is 2.48. The van der Waals surface area contributed by atoms with E-state index < -0.39 is 18.0 Å². The van der Waals surface area contributed by atoms with Gasteiger partial charge in [-0.2, -0.15) is 0 Å². The fourth-order valence-electron chi connectivity index (χ4n) is 0.383. The molecule has 9 heavy (non-hydrogen) atoms. The summed E-state index contributed by atoms with van der Waals surface area (Å²) in [7, 11) is 0. The van der Waals surface area contributed by atoms with Gasteiger partial charge in [0, 0.05) is 0 Å². The monoisotopic (exact) mass is 131 g/mol. The topological polar surface area (TPSA) is 74.6 Å². The Hall–Kier alpha value is -0.740. The molecule has 2 N–H and O–H groups in total. The molecule has 0 fully saturated rings. The minimum atomic E-state index is -2.59. The molecule has 0 aromatic heterocycles. The van der Waals surface area contributed by atoms with Crippen molar-refractivity contribution in [2.75, 3.05) is 0 Å². The van der Waals surface area contributed by atoms with Crippen LogP contribution in [0, 0.1) is 0 Å². The van der Waals surface area contributed by atoms with Crippen LogP contribution in [0.1, 0.15) is 13.3 Å². The van der Waals surface area contributed by atoms with Crippen LogP contribution in [0.25, 0.3) is 0 Å². The average molecular weight is 131 g/mol. The summed E-state index contributed by atoms with van der Waals surface area (Å²) in [5.74, 6) is -3.06. The van der Waals surface area contributed by atoms with Gasteiger partial charge in [0.1, 0.15) is 5.78 Å². The summed E-state index contributed by atoms with van der Waals surface area (Å²) < 4.78 is 0. The molecule has 0 aliphatic heterocycles. The first-order chi connectivity index (χ1) is 3.98. The smallest absolute Gasteiger partial charge is 0.263 e. The van der Waals surface area contributed by atoms with Crippen molar-refractivity contribution in [1.82, 2.24) is 0 Å². The zero-order chi connectivity index (χ0) is 7.49. The summed E-state index contributed by atoms with van der Waals surface area (Å²) in [4.78, 5) is 19.7. The maximum atomic E-state index is 10.1. The van der Waals surface area contributed by atoms with Crippen LogP contribution < -0.4 is 0 Å². The molecule has 1 radical (unpaired) electrons. The summed E-state index contributed by atoms with van der Waals surface area (Å²) in [6, 6.07) is 0. The standard InChI is InChI=1S/C5H7O4/c1-4(7)2-5(8,9)3-6/h8-9H,2H2,1H3. The number of Topliss-reactive ketones (excluding diaryl/α,β-unsaturated/α-hetero) is 1. The Balaban J connectivity index is 3.86. The van der Waals surface area contributed by atoms with Gasteiger partial charge >= 0.3 is 0 Å². The Morgan fingerprint density at radius 1 is 1.67 bits per heavy atom. The highest BCUT2D eigenvalue weighted by Crippen LogP contribution is 2.00. The minimum Gasteiger partial charge on any atom is -0.359 e. The van der Waals surface area contributed by atoms with E-state index in [0.717, 1.165) is 13.2 Å². The molecule has 4 nitrogen and oxygen atoms in total. The van der Waals surface area contributed by atoms with Crippen LogP contribution in [0.2, 0.25) is 0 Å². The largest absolute Gasteiger partial charge is 0.359 e. The third kappa shape index (κ3) is 3.81. The molecule has 0 heterocycles. The van der Waals surface area contributed by atoms with E-state index in [1.807, 2.05) is 0 Å². The van der Waals surface area contributed by atoms with Gasteiger partial charge in [0.25, 0.3) is 6.29 Å². The molecule has 0 atom stereocenters. The zero-order valence-corrected chi connectivity index (χ0v) is 4.92. The van der Waals surface area contributed by atoms with E-state index in [0.29, 0.717) is 0 Å². The normalized spacial score (nSPS) is 11.0. The van der Waals surface area contributed by atoms with Gasteiger partial charge in [-0.15, -0.1) is 0 Å². The molecule has 0 aromatic carbocycles. The van der Waals surface area contributed by atoms with E-state index in [4.69, 9.17) is 10.2 Å². The second-order valence-electron chi connectivity index (χ2n) is 1.80. The van der Waals surface area contributed by atoms with Crippen LogP contribution in [0.15, 0.2) is 0 Å². The van der Waals surface area contributed by atoms with Crippen molar-refractivity contribution >= 4 is 12.1 Å². The lowest BCUT2D eigenvalue weighted by molar-refractivity contribution is -0.136. The van der Waals surface area contributed by atoms with Gasteiger partial charge < -0.3 is 10.2 Å². The third-order valence-electron chi connectivity index (χ3n) is 0.659. The molecule has 0 aliphatic carbocycles. The Morgan fingerprint density at radius 2 is 2.11 bits per heavy atom. The molecule has 51 valence electrons. The Bertz CT molecular complexity index is 127. The lowest BCUT2D eigenvalue weighted by Gasteiger charge is -2.08. The van der Waals surface area contributed by atoms with E-state index >= 15 is 0 Å². The minimum absolute atomic E-state index is 0.469. The van der Waals surface area contributed by atoms with Crippen LogP contribution in [-0.2, 0) is 9.59 Å². The van der Waals surface area contributed by atoms with E-state index in [9.17, 15) is 9.59 Å². The predicted octanol–water partition coefficient (Wildman–Crippen LogP) is -1.24. The summed E-state index contributed by atoms with van der Waals surface area (Å²) in [5, 5.41) is 16.8. The Labute approximate surface area is 52.1 Å². The molecule has 0 aromatic rings. The summed E-state index contributed by atoms with van der Waals surface area (Å²) in [6.07, 6.45) is 0.312.